The van der Waals surface area contributed by atoms with Gasteiger partial charge in [-0.1, -0.05) is 27.7 Å². The number of halogens is 3. The van der Waals surface area contributed by atoms with Crippen LogP contribution in [0.25, 0.3) is 0 Å². The average molecular weight is 300 g/mol. The number of nitrogens with one attached hydrogen (secondary N) is 1. The van der Waals surface area contributed by atoms with Gasteiger partial charge in [0, 0.05) is 35.0 Å². The van der Waals surface area contributed by atoms with Crippen molar-refractivity contribution in [1.82, 2.24) is 5.32 Å². The molecule has 1 fully saturated rings. The second kappa shape index (κ2) is 4.73. The molecule has 0 radical (unpaired) electrons. The first-order chi connectivity index (χ1) is 9.49. The Hall–Kier alpha value is -1.56. The van der Waals surface area contributed by atoms with Gasteiger partial charge in [-0.2, -0.15) is 0 Å². The molecule has 1 aromatic carbocycles. The Balaban J connectivity index is 2.28. The minimum Gasteiger partial charge on any atom is -0.348 e. The molecular formula is C15H19F3N2O. The molecule has 1 aliphatic rings. The molecule has 6 heteroatoms. The minimum absolute atomic E-state index is 0.154. The van der Waals surface area contributed by atoms with E-state index in [0.717, 1.165) is 0 Å². The molecule has 0 aromatic heterocycles. The fraction of sp³-hybridized carbons (Fsp3) is 0.533. The maximum Gasteiger partial charge on any atom is 0.257 e. The lowest BCUT2D eigenvalue weighted by molar-refractivity contribution is -0.0664. The minimum atomic E-state index is -1.22. The number of carbonyl (C=O) groups is 1. The van der Waals surface area contributed by atoms with Crippen LogP contribution in [-0.2, 0) is 0 Å². The third-order valence-electron chi connectivity index (χ3n) is 4.60. The molecule has 1 saturated carbocycles. The quantitative estimate of drug-likeness (QED) is 0.882. The van der Waals surface area contributed by atoms with E-state index in [0.29, 0.717) is 12.1 Å². The van der Waals surface area contributed by atoms with E-state index in [4.69, 9.17) is 5.73 Å². The van der Waals surface area contributed by atoms with E-state index in [1.54, 1.807) is 0 Å². The van der Waals surface area contributed by atoms with E-state index in [-0.39, 0.29) is 12.1 Å². The van der Waals surface area contributed by atoms with Gasteiger partial charge in [0.05, 0.1) is 0 Å². The van der Waals surface area contributed by atoms with Gasteiger partial charge in [0.15, 0.2) is 0 Å². The van der Waals surface area contributed by atoms with Crippen molar-refractivity contribution in [2.45, 2.75) is 39.8 Å². The zero-order valence-corrected chi connectivity index (χ0v) is 12.4. The SMILES string of the molecule is CC1(C)C(N)C(C)(C)C1NC(=O)c1c(F)cc(F)cc1F. The lowest BCUT2D eigenvalue weighted by Crippen LogP contribution is -2.76. The van der Waals surface area contributed by atoms with Crippen molar-refractivity contribution in [3.05, 3.63) is 35.1 Å². The van der Waals surface area contributed by atoms with Gasteiger partial charge in [-0.05, 0) is 0 Å². The summed E-state index contributed by atoms with van der Waals surface area (Å²) in [5.74, 6) is -4.40. The Kier molecular flexibility index (Phi) is 3.56. The lowest BCUT2D eigenvalue weighted by Gasteiger charge is -2.62. The van der Waals surface area contributed by atoms with Gasteiger partial charge in [-0.3, -0.25) is 4.79 Å². The first kappa shape index (κ1) is 15.8. The van der Waals surface area contributed by atoms with Crippen molar-refractivity contribution in [3.8, 4) is 0 Å². The fourth-order valence-corrected chi connectivity index (χ4v) is 3.51. The van der Waals surface area contributed by atoms with Crippen molar-refractivity contribution >= 4 is 5.91 Å². The zero-order chi connectivity index (χ0) is 16.2. The summed E-state index contributed by atoms with van der Waals surface area (Å²) in [5, 5.41) is 2.62. The highest BCUT2D eigenvalue weighted by atomic mass is 19.1. The molecular weight excluding hydrogens is 281 g/mol. The third kappa shape index (κ3) is 2.31. The molecule has 0 spiro atoms. The number of benzene rings is 1. The van der Waals surface area contributed by atoms with Crippen molar-refractivity contribution in [2.75, 3.05) is 0 Å². The van der Waals surface area contributed by atoms with E-state index in [9.17, 15) is 18.0 Å². The number of rotatable bonds is 2. The first-order valence-electron chi connectivity index (χ1n) is 6.70. The van der Waals surface area contributed by atoms with Gasteiger partial charge < -0.3 is 11.1 Å². The predicted octanol–water partition coefficient (Wildman–Crippen LogP) is 2.60. The van der Waals surface area contributed by atoms with Gasteiger partial charge in [0.25, 0.3) is 5.91 Å². The molecule has 0 heterocycles. The van der Waals surface area contributed by atoms with E-state index in [2.05, 4.69) is 5.32 Å². The summed E-state index contributed by atoms with van der Waals surface area (Å²) < 4.78 is 40.1. The van der Waals surface area contributed by atoms with Crippen LogP contribution in [0.3, 0.4) is 0 Å². The molecule has 1 aromatic rings. The molecule has 1 amide bonds. The zero-order valence-electron chi connectivity index (χ0n) is 12.4. The van der Waals surface area contributed by atoms with Crippen molar-refractivity contribution in [1.29, 1.82) is 0 Å². The molecule has 21 heavy (non-hydrogen) atoms. The summed E-state index contributed by atoms with van der Waals surface area (Å²) in [5.41, 5.74) is 4.50. The summed E-state index contributed by atoms with van der Waals surface area (Å²) in [7, 11) is 0. The highest BCUT2D eigenvalue weighted by molar-refractivity contribution is 5.95. The van der Waals surface area contributed by atoms with Gasteiger partial charge in [-0.15, -0.1) is 0 Å². The Morgan fingerprint density at radius 3 is 1.95 bits per heavy atom. The van der Waals surface area contributed by atoms with E-state index in [1.807, 2.05) is 27.7 Å². The number of nitrogens with two attached hydrogens (primary N) is 1. The van der Waals surface area contributed by atoms with Crippen LogP contribution in [-0.4, -0.2) is 18.0 Å². The molecule has 0 atom stereocenters. The number of carbonyl (C=O) groups excluding carboxylic acids is 1. The van der Waals surface area contributed by atoms with Crippen LogP contribution >= 0.6 is 0 Å². The highest BCUT2D eigenvalue weighted by Crippen LogP contribution is 2.52. The molecule has 0 aliphatic heterocycles. The standard InChI is InChI=1S/C15H19F3N2O/c1-14(2)12(19)15(3,4)13(14)20-11(21)10-8(17)5-7(16)6-9(10)18/h5-6,12-13H,19H2,1-4H3,(H,20,21). The molecule has 0 bridgehead atoms. The van der Waals surface area contributed by atoms with Gasteiger partial charge in [0.2, 0.25) is 0 Å². The maximum absolute atomic E-state index is 13.6. The van der Waals surface area contributed by atoms with E-state index < -0.39 is 39.8 Å². The molecule has 3 nitrogen and oxygen atoms in total. The average Bonchev–Trinajstić information content (AvgIpc) is 2.33. The topological polar surface area (TPSA) is 55.1 Å². The number of amides is 1. The van der Waals surface area contributed by atoms with Crippen LogP contribution in [0, 0.1) is 28.3 Å². The van der Waals surface area contributed by atoms with Crippen molar-refractivity contribution in [3.63, 3.8) is 0 Å². The Labute approximate surface area is 121 Å². The Bertz CT molecular complexity index is 560. The smallest absolute Gasteiger partial charge is 0.257 e. The van der Waals surface area contributed by atoms with Crippen LogP contribution in [0.2, 0.25) is 0 Å². The maximum atomic E-state index is 13.6. The second-order valence-corrected chi connectivity index (χ2v) is 6.77. The first-order valence-corrected chi connectivity index (χ1v) is 6.70. The predicted molar refractivity (Wildman–Crippen MR) is 73.1 cm³/mol. The summed E-state index contributed by atoms with van der Waals surface area (Å²) in [6.45, 7) is 7.52. The van der Waals surface area contributed by atoms with Crippen LogP contribution in [0.15, 0.2) is 12.1 Å². The third-order valence-corrected chi connectivity index (χ3v) is 4.60. The second-order valence-electron chi connectivity index (χ2n) is 6.77. The van der Waals surface area contributed by atoms with Gasteiger partial charge >= 0.3 is 0 Å². The largest absolute Gasteiger partial charge is 0.348 e. The van der Waals surface area contributed by atoms with Crippen molar-refractivity contribution in [2.24, 2.45) is 16.6 Å². The Morgan fingerprint density at radius 2 is 1.52 bits per heavy atom. The van der Waals surface area contributed by atoms with Crippen LogP contribution in [0.1, 0.15) is 38.1 Å². The Morgan fingerprint density at radius 1 is 1.10 bits per heavy atom. The summed E-state index contributed by atoms with van der Waals surface area (Å²) in [6.07, 6.45) is 0. The highest BCUT2D eigenvalue weighted by Gasteiger charge is 2.60. The molecule has 2 rings (SSSR count). The van der Waals surface area contributed by atoms with E-state index >= 15 is 0 Å². The fourth-order valence-electron chi connectivity index (χ4n) is 3.51. The molecule has 1 aliphatic carbocycles. The van der Waals surface area contributed by atoms with E-state index in [1.165, 1.54) is 0 Å². The summed E-state index contributed by atoms with van der Waals surface area (Å²) in [4.78, 5) is 12.1. The van der Waals surface area contributed by atoms with Crippen molar-refractivity contribution < 1.29 is 18.0 Å². The van der Waals surface area contributed by atoms with Gasteiger partial charge in [-0.25, -0.2) is 13.2 Å². The summed E-state index contributed by atoms with van der Waals surface area (Å²) >= 11 is 0. The lowest BCUT2D eigenvalue weighted by atomic mass is 9.48. The molecule has 0 unspecified atom stereocenters. The molecule has 0 saturated heterocycles. The number of hydrogen-bond acceptors (Lipinski definition) is 2. The van der Waals surface area contributed by atoms with Gasteiger partial charge in [0.1, 0.15) is 23.0 Å². The van der Waals surface area contributed by atoms with Crippen LogP contribution in [0.4, 0.5) is 13.2 Å². The number of hydrogen-bond donors (Lipinski definition) is 2. The normalized spacial score (nSPS) is 26.1. The summed E-state index contributed by atoms with van der Waals surface area (Å²) in [6, 6.07) is 0.483. The van der Waals surface area contributed by atoms with Crippen LogP contribution < -0.4 is 11.1 Å². The molecule has 3 N–H and O–H groups in total. The van der Waals surface area contributed by atoms with Crippen LogP contribution in [0.5, 0.6) is 0 Å². The monoisotopic (exact) mass is 300 g/mol. The molecule has 116 valence electrons.